The lowest BCUT2D eigenvalue weighted by Gasteiger charge is -2.23. The summed E-state index contributed by atoms with van der Waals surface area (Å²) in [5.41, 5.74) is 7.63. The van der Waals surface area contributed by atoms with Gasteiger partial charge in [0.25, 0.3) is 5.91 Å². The largest absolute Gasteiger partial charge is 0.271 e. The highest BCUT2D eigenvalue weighted by molar-refractivity contribution is 7.92. The average Bonchev–Trinajstić information content (AvgIpc) is 2.61. The SMILES string of the molecule is Cc1ccc(/C=N\NC(=O)CN(c2cccc(Cl)c2C)S(C)(=O)=O)c(C)c1C. The molecular weight excluding hydrogens is 398 g/mol. The fraction of sp³-hybridized carbons (Fsp3) is 0.300. The van der Waals surface area contributed by atoms with Gasteiger partial charge in [-0.25, -0.2) is 13.8 Å². The van der Waals surface area contributed by atoms with Crippen LogP contribution in [0.15, 0.2) is 35.4 Å². The van der Waals surface area contributed by atoms with Gasteiger partial charge in [0.05, 0.1) is 18.2 Å². The molecule has 0 fully saturated rings. The van der Waals surface area contributed by atoms with Gasteiger partial charge in [0.15, 0.2) is 0 Å². The minimum absolute atomic E-state index is 0.360. The van der Waals surface area contributed by atoms with Crippen molar-refractivity contribution < 1.29 is 13.2 Å². The summed E-state index contributed by atoms with van der Waals surface area (Å²) in [6.45, 7) is 7.34. The molecule has 6 nitrogen and oxygen atoms in total. The maximum atomic E-state index is 12.3. The van der Waals surface area contributed by atoms with Gasteiger partial charge in [-0.1, -0.05) is 29.8 Å². The number of hydrazone groups is 1. The smallest absolute Gasteiger partial charge is 0.260 e. The predicted molar refractivity (Wildman–Crippen MR) is 115 cm³/mol. The number of benzene rings is 2. The fourth-order valence-electron chi connectivity index (χ4n) is 2.70. The monoisotopic (exact) mass is 421 g/mol. The van der Waals surface area contributed by atoms with Gasteiger partial charge in [0.2, 0.25) is 10.0 Å². The quantitative estimate of drug-likeness (QED) is 0.572. The Kier molecular flexibility index (Phi) is 6.85. The van der Waals surface area contributed by atoms with Crippen LogP contribution in [0.4, 0.5) is 5.69 Å². The highest BCUT2D eigenvalue weighted by Gasteiger charge is 2.23. The summed E-state index contributed by atoms with van der Waals surface area (Å²) in [4.78, 5) is 12.3. The normalized spacial score (nSPS) is 11.6. The lowest BCUT2D eigenvalue weighted by Crippen LogP contribution is -2.39. The van der Waals surface area contributed by atoms with E-state index < -0.39 is 22.5 Å². The van der Waals surface area contributed by atoms with Crippen molar-refractivity contribution in [1.29, 1.82) is 0 Å². The molecule has 2 aromatic rings. The van der Waals surface area contributed by atoms with Crippen molar-refractivity contribution in [1.82, 2.24) is 5.43 Å². The third kappa shape index (κ3) is 5.11. The molecule has 28 heavy (non-hydrogen) atoms. The van der Waals surface area contributed by atoms with Crippen molar-refractivity contribution in [2.24, 2.45) is 5.10 Å². The second kappa shape index (κ2) is 8.75. The van der Waals surface area contributed by atoms with Crippen LogP contribution in [-0.2, 0) is 14.8 Å². The Balaban J connectivity index is 2.17. The van der Waals surface area contributed by atoms with Gasteiger partial charge in [0, 0.05) is 5.02 Å². The highest BCUT2D eigenvalue weighted by Crippen LogP contribution is 2.27. The van der Waals surface area contributed by atoms with Gasteiger partial charge < -0.3 is 0 Å². The lowest BCUT2D eigenvalue weighted by atomic mass is 10.00. The van der Waals surface area contributed by atoms with E-state index in [9.17, 15) is 13.2 Å². The number of nitrogens with zero attached hydrogens (tertiary/aromatic N) is 2. The third-order valence-electron chi connectivity index (χ3n) is 4.69. The van der Waals surface area contributed by atoms with Crippen LogP contribution in [0.3, 0.4) is 0 Å². The molecule has 0 saturated carbocycles. The molecule has 0 unspecified atom stereocenters. The standard InChI is InChI=1S/C20H24ClN3O3S/c1-13-9-10-17(15(3)14(13)2)11-22-23-20(25)12-24(28(5,26)27)19-8-6-7-18(21)16(19)4/h6-11H,12H2,1-5H3,(H,23,25)/b22-11-. The summed E-state index contributed by atoms with van der Waals surface area (Å²) < 4.78 is 25.4. The van der Waals surface area contributed by atoms with Gasteiger partial charge in [-0.15, -0.1) is 0 Å². The van der Waals surface area contributed by atoms with Crippen molar-refractivity contribution in [2.75, 3.05) is 17.1 Å². The Labute approximate surface area is 171 Å². The number of halogens is 1. The molecule has 0 atom stereocenters. The second-order valence-electron chi connectivity index (χ2n) is 6.67. The minimum Gasteiger partial charge on any atom is -0.271 e. The molecule has 150 valence electrons. The second-order valence-corrected chi connectivity index (χ2v) is 8.98. The van der Waals surface area contributed by atoms with Crippen LogP contribution in [0, 0.1) is 27.7 Å². The van der Waals surface area contributed by atoms with E-state index in [0.29, 0.717) is 16.3 Å². The van der Waals surface area contributed by atoms with Gasteiger partial charge in [-0.3, -0.25) is 9.10 Å². The molecule has 8 heteroatoms. The number of sulfonamides is 1. The number of aryl methyl sites for hydroxylation is 1. The van der Waals surface area contributed by atoms with Crippen LogP contribution >= 0.6 is 11.6 Å². The Hall–Kier alpha value is -2.38. The van der Waals surface area contributed by atoms with Crippen LogP contribution in [0.25, 0.3) is 0 Å². The van der Waals surface area contributed by atoms with Crippen molar-refractivity contribution in [3.63, 3.8) is 0 Å². The number of rotatable bonds is 6. The average molecular weight is 422 g/mol. The van der Waals surface area contributed by atoms with Crippen LogP contribution in [0.5, 0.6) is 0 Å². The molecular formula is C20H24ClN3O3S. The van der Waals surface area contributed by atoms with Gasteiger partial charge in [0.1, 0.15) is 6.54 Å². The zero-order valence-electron chi connectivity index (χ0n) is 16.6. The van der Waals surface area contributed by atoms with Crippen LogP contribution in [0.2, 0.25) is 5.02 Å². The minimum atomic E-state index is -3.68. The van der Waals surface area contributed by atoms with Gasteiger partial charge in [-0.05, 0) is 67.6 Å². The van der Waals surface area contributed by atoms with Crippen LogP contribution in [-0.4, -0.2) is 33.3 Å². The van der Waals surface area contributed by atoms with Crippen LogP contribution in [0.1, 0.15) is 27.8 Å². The van der Waals surface area contributed by atoms with Crippen LogP contribution < -0.4 is 9.73 Å². The molecule has 1 N–H and O–H groups in total. The molecule has 0 saturated heterocycles. The Morgan fingerprint density at radius 2 is 1.79 bits per heavy atom. The van der Waals surface area contributed by atoms with E-state index in [4.69, 9.17) is 11.6 Å². The number of anilines is 1. The maximum Gasteiger partial charge on any atom is 0.260 e. The van der Waals surface area contributed by atoms with Crippen molar-refractivity contribution in [3.8, 4) is 0 Å². The summed E-state index contributed by atoms with van der Waals surface area (Å²) in [5.74, 6) is -0.553. The number of hydrogen-bond acceptors (Lipinski definition) is 4. The topological polar surface area (TPSA) is 78.8 Å². The Morgan fingerprint density at radius 1 is 1.11 bits per heavy atom. The number of nitrogens with one attached hydrogen (secondary N) is 1. The number of carbonyl (C=O) groups excluding carboxylic acids is 1. The molecule has 0 radical (unpaired) electrons. The van der Waals surface area contributed by atoms with Crippen molar-refractivity contribution in [2.45, 2.75) is 27.7 Å². The number of carbonyl (C=O) groups is 1. The number of amides is 1. The van der Waals surface area contributed by atoms with E-state index in [-0.39, 0.29) is 0 Å². The first kappa shape index (κ1) is 21.9. The first-order valence-corrected chi connectivity index (χ1v) is 10.9. The fourth-order valence-corrected chi connectivity index (χ4v) is 3.78. The van der Waals surface area contributed by atoms with E-state index in [1.165, 1.54) is 5.56 Å². The molecule has 0 aromatic heterocycles. The molecule has 0 bridgehead atoms. The summed E-state index contributed by atoms with van der Waals surface area (Å²) in [6, 6.07) is 8.82. The summed E-state index contributed by atoms with van der Waals surface area (Å²) in [7, 11) is -3.68. The van der Waals surface area contributed by atoms with Gasteiger partial charge >= 0.3 is 0 Å². The third-order valence-corrected chi connectivity index (χ3v) is 6.22. The van der Waals surface area contributed by atoms with E-state index >= 15 is 0 Å². The van der Waals surface area contributed by atoms with Crippen molar-refractivity contribution in [3.05, 3.63) is 63.2 Å². The maximum absolute atomic E-state index is 12.3. The van der Waals surface area contributed by atoms with E-state index in [0.717, 1.165) is 27.3 Å². The predicted octanol–water partition coefficient (Wildman–Crippen LogP) is 3.49. The molecule has 0 aliphatic heterocycles. The van der Waals surface area contributed by atoms with Crippen molar-refractivity contribution >= 4 is 39.4 Å². The van der Waals surface area contributed by atoms with E-state index in [2.05, 4.69) is 10.5 Å². The first-order chi connectivity index (χ1) is 13.0. The van der Waals surface area contributed by atoms with Gasteiger partial charge in [-0.2, -0.15) is 5.10 Å². The summed E-state index contributed by atoms with van der Waals surface area (Å²) in [5, 5.41) is 4.40. The zero-order chi connectivity index (χ0) is 21.1. The summed E-state index contributed by atoms with van der Waals surface area (Å²) >= 11 is 6.09. The summed E-state index contributed by atoms with van der Waals surface area (Å²) in [6.07, 6.45) is 2.59. The Morgan fingerprint density at radius 3 is 2.43 bits per heavy atom. The molecule has 1 amide bonds. The molecule has 0 heterocycles. The molecule has 2 rings (SSSR count). The van der Waals surface area contributed by atoms with E-state index in [1.807, 2.05) is 32.9 Å². The first-order valence-electron chi connectivity index (χ1n) is 8.64. The number of hydrogen-bond donors (Lipinski definition) is 1. The highest BCUT2D eigenvalue weighted by atomic mass is 35.5. The Bertz CT molecular complexity index is 1030. The van der Waals surface area contributed by atoms with E-state index in [1.54, 1.807) is 31.3 Å². The molecule has 0 spiro atoms. The molecule has 0 aliphatic carbocycles. The molecule has 0 aliphatic rings. The lowest BCUT2D eigenvalue weighted by molar-refractivity contribution is -0.119. The zero-order valence-corrected chi connectivity index (χ0v) is 18.1. The molecule has 2 aromatic carbocycles.